The third kappa shape index (κ3) is 5.20. The quantitative estimate of drug-likeness (QED) is 0.579. The second kappa shape index (κ2) is 9.36. The van der Waals surface area contributed by atoms with Gasteiger partial charge >= 0.3 is 5.97 Å². The number of ether oxygens (including phenoxy) is 2. The Balaban J connectivity index is 1.58. The molecule has 2 N–H and O–H groups in total. The van der Waals surface area contributed by atoms with Crippen molar-refractivity contribution in [1.29, 1.82) is 0 Å². The summed E-state index contributed by atoms with van der Waals surface area (Å²) < 4.78 is 9.91. The van der Waals surface area contributed by atoms with Crippen LogP contribution in [0.3, 0.4) is 0 Å². The molecule has 3 rings (SSSR count). The third-order valence-electron chi connectivity index (χ3n) is 4.10. The van der Waals surface area contributed by atoms with E-state index in [1.54, 1.807) is 25.3 Å². The molecule has 0 bridgehead atoms. The van der Waals surface area contributed by atoms with E-state index in [9.17, 15) is 4.79 Å². The van der Waals surface area contributed by atoms with Crippen LogP contribution in [-0.4, -0.2) is 36.7 Å². The maximum atomic E-state index is 11.7. The molecule has 0 atom stereocenters. The van der Waals surface area contributed by atoms with Crippen LogP contribution in [0.5, 0.6) is 5.75 Å². The van der Waals surface area contributed by atoms with E-state index < -0.39 is 0 Å². The average molecular weight is 378 g/mol. The molecule has 0 aliphatic carbocycles. The summed E-state index contributed by atoms with van der Waals surface area (Å²) in [7, 11) is 3.01. The summed E-state index contributed by atoms with van der Waals surface area (Å²) >= 11 is 0. The summed E-state index contributed by atoms with van der Waals surface area (Å²) in [5, 5.41) is 6.46. The van der Waals surface area contributed by atoms with Gasteiger partial charge in [0.05, 0.1) is 19.8 Å². The zero-order valence-corrected chi connectivity index (χ0v) is 15.8. The van der Waals surface area contributed by atoms with Crippen LogP contribution in [0, 0.1) is 0 Å². The molecule has 7 nitrogen and oxygen atoms in total. The number of carbonyl (C=O) groups is 1. The highest BCUT2D eigenvalue weighted by Crippen LogP contribution is 2.18. The summed E-state index contributed by atoms with van der Waals surface area (Å²) in [6.45, 7) is 0.737. The highest BCUT2D eigenvalue weighted by Gasteiger charge is 2.06. The second-order valence-electron chi connectivity index (χ2n) is 6.01. The van der Waals surface area contributed by atoms with Crippen LogP contribution in [0.15, 0.2) is 60.9 Å². The van der Waals surface area contributed by atoms with Crippen molar-refractivity contribution < 1.29 is 14.3 Å². The van der Waals surface area contributed by atoms with Crippen LogP contribution in [0.2, 0.25) is 0 Å². The normalized spacial score (nSPS) is 10.2. The first-order chi connectivity index (χ1) is 13.7. The minimum Gasteiger partial charge on any atom is -0.497 e. The fraction of sp³-hybridized carbons (Fsp3) is 0.190. The average Bonchev–Trinajstić information content (AvgIpc) is 2.74. The minimum atomic E-state index is -0.382. The highest BCUT2D eigenvalue weighted by atomic mass is 16.5. The van der Waals surface area contributed by atoms with Gasteiger partial charge in [0.1, 0.15) is 23.7 Å². The fourth-order valence-electron chi connectivity index (χ4n) is 2.64. The monoisotopic (exact) mass is 378 g/mol. The van der Waals surface area contributed by atoms with E-state index in [4.69, 9.17) is 9.47 Å². The Labute approximate surface area is 163 Å². The number of hydrogen-bond donors (Lipinski definition) is 2. The van der Waals surface area contributed by atoms with Gasteiger partial charge in [-0.2, -0.15) is 0 Å². The molecule has 3 aromatic rings. The zero-order chi connectivity index (χ0) is 19.8. The van der Waals surface area contributed by atoms with E-state index in [2.05, 4.69) is 20.6 Å². The molecule has 0 amide bonds. The Kier molecular flexibility index (Phi) is 6.41. The van der Waals surface area contributed by atoms with Gasteiger partial charge in [-0.05, 0) is 42.3 Å². The molecule has 28 heavy (non-hydrogen) atoms. The van der Waals surface area contributed by atoms with Crippen molar-refractivity contribution in [3.8, 4) is 5.75 Å². The number of anilines is 3. The first-order valence-electron chi connectivity index (χ1n) is 8.82. The van der Waals surface area contributed by atoms with Crippen molar-refractivity contribution in [1.82, 2.24) is 9.97 Å². The summed E-state index contributed by atoms with van der Waals surface area (Å²) in [5.41, 5.74) is 2.42. The number of hydrogen-bond acceptors (Lipinski definition) is 7. The lowest BCUT2D eigenvalue weighted by Gasteiger charge is -2.10. The molecule has 0 radical (unpaired) electrons. The summed E-state index contributed by atoms with van der Waals surface area (Å²) in [5.74, 6) is 1.81. The Hall–Kier alpha value is -3.61. The number of methoxy groups -OCH3 is 2. The van der Waals surface area contributed by atoms with Gasteiger partial charge in [0.2, 0.25) is 0 Å². The number of rotatable bonds is 8. The second-order valence-corrected chi connectivity index (χ2v) is 6.01. The molecule has 144 valence electrons. The molecule has 0 aliphatic heterocycles. The summed E-state index contributed by atoms with van der Waals surface area (Å²) in [4.78, 5) is 20.1. The van der Waals surface area contributed by atoms with Gasteiger partial charge in [0, 0.05) is 18.3 Å². The number of nitrogens with zero attached hydrogens (tertiary/aromatic N) is 2. The Morgan fingerprint density at radius 1 is 1.00 bits per heavy atom. The third-order valence-corrected chi connectivity index (χ3v) is 4.10. The Morgan fingerprint density at radius 3 is 2.54 bits per heavy atom. The van der Waals surface area contributed by atoms with Crippen molar-refractivity contribution >= 4 is 23.3 Å². The molecule has 0 unspecified atom stereocenters. The highest BCUT2D eigenvalue weighted by molar-refractivity contribution is 5.90. The van der Waals surface area contributed by atoms with E-state index in [0.29, 0.717) is 11.4 Å². The molecule has 1 heterocycles. The largest absolute Gasteiger partial charge is 0.497 e. The van der Waals surface area contributed by atoms with Gasteiger partial charge < -0.3 is 20.1 Å². The van der Waals surface area contributed by atoms with Crippen LogP contribution in [0.25, 0.3) is 0 Å². The van der Waals surface area contributed by atoms with E-state index in [1.165, 1.54) is 19.0 Å². The maximum absolute atomic E-state index is 11.7. The molecule has 0 saturated heterocycles. The van der Waals surface area contributed by atoms with E-state index in [0.717, 1.165) is 30.2 Å². The molecule has 1 aromatic heterocycles. The SMILES string of the molecule is COC(=O)c1cccc(Nc2cc(NCCc3ccc(OC)cc3)ncn2)c1. The lowest BCUT2D eigenvalue weighted by atomic mass is 10.1. The summed E-state index contributed by atoms with van der Waals surface area (Å²) in [6.07, 6.45) is 2.35. The molecule has 0 aliphatic rings. The number of carbonyl (C=O) groups excluding carboxylic acids is 1. The molecular weight excluding hydrogens is 356 g/mol. The summed E-state index contributed by atoms with van der Waals surface area (Å²) in [6, 6.07) is 16.8. The van der Waals surface area contributed by atoms with Crippen molar-refractivity contribution in [2.24, 2.45) is 0 Å². The minimum absolute atomic E-state index is 0.382. The van der Waals surface area contributed by atoms with E-state index in [1.807, 2.05) is 36.4 Å². The van der Waals surface area contributed by atoms with Crippen LogP contribution in [0.1, 0.15) is 15.9 Å². The number of nitrogens with one attached hydrogen (secondary N) is 2. The molecule has 0 spiro atoms. The first kappa shape index (κ1) is 19.2. The predicted molar refractivity (Wildman–Crippen MR) is 108 cm³/mol. The fourth-order valence-corrected chi connectivity index (χ4v) is 2.64. The standard InChI is InChI=1S/C21H22N4O3/c1-27-18-8-6-15(7-9-18)10-11-22-19-13-20(24-14-23-19)25-17-5-3-4-16(12-17)21(26)28-2/h3-9,12-14H,10-11H2,1-2H3,(H2,22,23,24,25). The lowest BCUT2D eigenvalue weighted by molar-refractivity contribution is 0.0601. The molecule has 2 aromatic carbocycles. The Bertz CT molecular complexity index is 929. The van der Waals surface area contributed by atoms with Crippen molar-refractivity contribution in [3.63, 3.8) is 0 Å². The smallest absolute Gasteiger partial charge is 0.337 e. The van der Waals surface area contributed by atoms with Gasteiger partial charge in [-0.15, -0.1) is 0 Å². The molecular formula is C21H22N4O3. The van der Waals surface area contributed by atoms with Crippen molar-refractivity contribution in [2.75, 3.05) is 31.4 Å². The number of benzene rings is 2. The lowest BCUT2D eigenvalue weighted by Crippen LogP contribution is -2.07. The van der Waals surface area contributed by atoms with Crippen molar-refractivity contribution in [3.05, 3.63) is 72.1 Å². The van der Waals surface area contributed by atoms with Crippen LogP contribution >= 0.6 is 0 Å². The van der Waals surface area contributed by atoms with Gasteiger partial charge in [-0.3, -0.25) is 0 Å². The Morgan fingerprint density at radius 2 is 1.79 bits per heavy atom. The van der Waals surface area contributed by atoms with E-state index in [-0.39, 0.29) is 5.97 Å². The van der Waals surface area contributed by atoms with Crippen molar-refractivity contribution in [2.45, 2.75) is 6.42 Å². The maximum Gasteiger partial charge on any atom is 0.337 e. The van der Waals surface area contributed by atoms with Crippen LogP contribution < -0.4 is 15.4 Å². The topological polar surface area (TPSA) is 85.4 Å². The van der Waals surface area contributed by atoms with Gasteiger partial charge in [-0.1, -0.05) is 18.2 Å². The number of esters is 1. The molecule has 0 fully saturated rings. The van der Waals surface area contributed by atoms with Crippen LogP contribution in [0.4, 0.5) is 17.3 Å². The molecule has 7 heteroatoms. The van der Waals surface area contributed by atoms with E-state index >= 15 is 0 Å². The van der Waals surface area contributed by atoms with Gasteiger partial charge in [0.25, 0.3) is 0 Å². The van der Waals surface area contributed by atoms with Gasteiger partial charge in [0.15, 0.2) is 0 Å². The first-order valence-corrected chi connectivity index (χ1v) is 8.82. The van der Waals surface area contributed by atoms with Gasteiger partial charge in [-0.25, -0.2) is 14.8 Å². The molecule has 0 saturated carbocycles. The number of aromatic nitrogens is 2. The van der Waals surface area contributed by atoms with Crippen LogP contribution in [-0.2, 0) is 11.2 Å². The predicted octanol–water partition coefficient (Wildman–Crippen LogP) is 3.67. The zero-order valence-electron chi connectivity index (χ0n) is 15.8.